The molecule has 2 heteroatoms. The van der Waals surface area contributed by atoms with Crippen LogP contribution in [0.2, 0.25) is 0 Å². The fourth-order valence-electron chi connectivity index (χ4n) is 24.1. The largest absolute Gasteiger partial charge is 0.310 e. The van der Waals surface area contributed by atoms with Crippen LogP contribution >= 0.6 is 0 Å². The standard InChI is InChI=1S/C136H100N2/c1-133(2)123-47-25-23-46-112(123)113-65-55-94(78-124(113)133)88-53-60-101(61-54-88)137(102-62-69-118-115-67-57-99(80-126(115)135(5,6)128(118)82-102)120-76-97-33-15-17-39-105(97)108-42-19-21-44-110(108)120)132-72-59-93(75-122(132)89-51-49-87(50-52-89)85-29-11-9-12-30-85)91-36-27-37-92(73-91)95-56-66-114-117-70-63-103(83-129(117)134(3,4)125(114)79-95)138(131-48-26-24-41-107(131)96-38-28-35-90(74-96)86-31-13-10-14-32-86)104-64-71-119-116-68-58-100(81-127(116)136(7,8)130(119)84-104)121-77-98-34-16-18-40-106(98)109-43-20-22-45-111(109)121/h9-84H,1-8H3. The van der Waals surface area contributed by atoms with Crippen LogP contribution in [0, 0.1) is 0 Å². The normalized spacial score (nSPS) is 13.9. The third-order valence-electron chi connectivity index (χ3n) is 31.4. The summed E-state index contributed by atoms with van der Waals surface area (Å²) >= 11 is 0. The van der Waals surface area contributed by atoms with Gasteiger partial charge in [0, 0.05) is 55.5 Å². The van der Waals surface area contributed by atoms with Crippen LogP contribution in [0.4, 0.5) is 34.1 Å². The van der Waals surface area contributed by atoms with Crippen molar-refractivity contribution in [3.8, 4) is 145 Å². The van der Waals surface area contributed by atoms with Gasteiger partial charge in [0.1, 0.15) is 0 Å². The lowest BCUT2D eigenvalue weighted by Gasteiger charge is -2.31. The summed E-state index contributed by atoms with van der Waals surface area (Å²) in [5, 5.41) is 10.2. The Hall–Kier alpha value is -16.5. The van der Waals surface area contributed by atoms with Crippen molar-refractivity contribution in [2.45, 2.75) is 77.0 Å². The van der Waals surface area contributed by atoms with Gasteiger partial charge in [0.2, 0.25) is 0 Å². The number of fused-ring (bicyclic) bond motifs is 18. The van der Waals surface area contributed by atoms with Gasteiger partial charge in [0.15, 0.2) is 0 Å². The maximum Gasteiger partial charge on any atom is 0.0540 e. The van der Waals surface area contributed by atoms with Gasteiger partial charge in [0.25, 0.3) is 0 Å². The summed E-state index contributed by atoms with van der Waals surface area (Å²) in [6, 6.07) is 175. The summed E-state index contributed by atoms with van der Waals surface area (Å²) in [6.07, 6.45) is 0. The highest BCUT2D eigenvalue weighted by Crippen LogP contribution is 2.59. The Morgan fingerprint density at radius 2 is 0.399 bits per heavy atom. The van der Waals surface area contributed by atoms with E-state index in [9.17, 15) is 0 Å². The molecule has 22 aromatic carbocycles. The molecule has 0 saturated carbocycles. The maximum absolute atomic E-state index is 2.55. The smallest absolute Gasteiger partial charge is 0.0540 e. The first-order valence-corrected chi connectivity index (χ1v) is 48.7. The second-order valence-electron chi connectivity index (χ2n) is 40.6. The lowest BCUT2D eigenvalue weighted by Crippen LogP contribution is -2.18. The van der Waals surface area contributed by atoms with E-state index in [1.54, 1.807) is 0 Å². The highest BCUT2D eigenvalue weighted by Gasteiger charge is 2.42. The summed E-state index contributed by atoms with van der Waals surface area (Å²) in [7, 11) is 0. The van der Waals surface area contributed by atoms with Gasteiger partial charge in [-0.1, -0.05) is 401 Å². The predicted octanol–water partition coefficient (Wildman–Crippen LogP) is 37.5. The van der Waals surface area contributed by atoms with E-state index in [1.165, 1.54) is 193 Å². The van der Waals surface area contributed by atoms with Crippen LogP contribution in [-0.4, -0.2) is 0 Å². The molecule has 0 radical (unpaired) electrons. The SMILES string of the molecule is CC1(C)c2ccccc2-c2ccc(-c3ccc(N(c4ccc5c(c4)C(C)(C)c4cc(-c6cc7ccccc7c7ccccc67)ccc4-5)c4ccc(-c5cccc(-c6ccc7c(c6)C(C)(C)c6cc(N(c8ccc9c(c8)C(C)(C)c8cc(-c%10cc%11ccccc%11c%11ccccc%10%11)ccc8-9)c8ccccc8-c8cccc(-c9ccccc9)c8)ccc6-7)c5)cc4-c4ccc(-c5ccccc5)cc4)cc3)cc21. The molecule has 2 nitrogen and oxygen atoms in total. The quantitative estimate of drug-likeness (QED) is 0.0944. The molecule has 4 aliphatic rings. The minimum absolute atomic E-state index is 0.129. The molecule has 0 fully saturated rings. The van der Waals surface area contributed by atoms with Gasteiger partial charge in [-0.2, -0.15) is 0 Å². The molecule has 0 bridgehead atoms. The summed E-state index contributed by atoms with van der Waals surface area (Å²) in [5.74, 6) is 0. The first kappa shape index (κ1) is 82.2. The van der Waals surface area contributed by atoms with Crippen LogP contribution < -0.4 is 9.80 Å². The molecule has 0 N–H and O–H groups in total. The van der Waals surface area contributed by atoms with E-state index < -0.39 is 0 Å². The summed E-state index contributed by atoms with van der Waals surface area (Å²) < 4.78 is 0. The molecule has 0 unspecified atom stereocenters. The first-order chi connectivity index (χ1) is 67.4. The second-order valence-corrected chi connectivity index (χ2v) is 40.6. The lowest BCUT2D eigenvalue weighted by atomic mass is 9.81. The van der Waals surface area contributed by atoms with Gasteiger partial charge in [0.05, 0.1) is 11.4 Å². The highest BCUT2D eigenvalue weighted by atomic mass is 15.2. The minimum atomic E-state index is -0.381. The van der Waals surface area contributed by atoms with Crippen LogP contribution in [0.25, 0.3) is 188 Å². The Morgan fingerprint density at radius 1 is 0.130 bits per heavy atom. The summed E-state index contributed by atoms with van der Waals surface area (Å²) in [6.45, 7) is 19.3. The second kappa shape index (κ2) is 31.6. The molecule has 654 valence electrons. The molecule has 138 heavy (non-hydrogen) atoms. The molecule has 26 rings (SSSR count). The molecule has 0 aromatic heterocycles. The number of benzene rings is 22. The van der Waals surface area contributed by atoms with Crippen molar-refractivity contribution in [1.29, 1.82) is 0 Å². The van der Waals surface area contributed by atoms with E-state index in [-0.39, 0.29) is 21.7 Å². The number of anilines is 6. The van der Waals surface area contributed by atoms with Crippen molar-refractivity contribution < 1.29 is 0 Å². The van der Waals surface area contributed by atoms with E-state index >= 15 is 0 Å². The average molecular weight is 1760 g/mol. The van der Waals surface area contributed by atoms with E-state index in [0.29, 0.717) is 0 Å². The number of hydrogen-bond donors (Lipinski definition) is 0. The monoisotopic (exact) mass is 1760 g/mol. The topological polar surface area (TPSA) is 6.48 Å². The van der Waals surface area contributed by atoms with Crippen LogP contribution in [0.15, 0.2) is 461 Å². The Balaban J connectivity index is 0.573. The Kier molecular flexibility index (Phi) is 18.8. The van der Waals surface area contributed by atoms with Gasteiger partial charge in [-0.15, -0.1) is 0 Å². The van der Waals surface area contributed by atoms with E-state index in [0.717, 1.165) is 73.1 Å². The van der Waals surface area contributed by atoms with Crippen LogP contribution in [0.3, 0.4) is 0 Å². The van der Waals surface area contributed by atoms with E-state index in [1.807, 2.05) is 0 Å². The number of nitrogens with zero attached hydrogens (tertiary/aromatic N) is 2. The van der Waals surface area contributed by atoms with E-state index in [2.05, 4.69) is 526 Å². The Bertz CT molecular complexity index is 8800. The van der Waals surface area contributed by atoms with Crippen molar-refractivity contribution in [3.63, 3.8) is 0 Å². The average Bonchev–Trinajstić information content (AvgIpc) is 1.58. The molecular weight excluding hydrogens is 1660 g/mol. The van der Waals surface area contributed by atoms with Gasteiger partial charge in [-0.25, -0.2) is 0 Å². The zero-order chi connectivity index (χ0) is 92.6. The van der Waals surface area contributed by atoms with E-state index in [4.69, 9.17) is 0 Å². The van der Waals surface area contributed by atoms with Gasteiger partial charge in [-0.3, -0.25) is 0 Å². The van der Waals surface area contributed by atoms with Crippen molar-refractivity contribution in [2.24, 2.45) is 0 Å². The summed E-state index contributed by atoms with van der Waals surface area (Å²) in [4.78, 5) is 5.08. The van der Waals surface area contributed by atoms with Crippen LogP contribution in [0.1, 0.15) is 99.9 Å². The van der Waals surface area contributed by atoms with Crippen LogP contribution in [0.5, 0.6) is 0 Å². The molecule has 0 amide bonds. The number of hydrogen-bond acceptors (Lipinski definition) is 2. The maximum atomic E-state index is 2.55. The van der Waals surface area contributed by atoms with Gasteiger partial charge in [-0.05, 0) is 336 Å². The zero-order valence-corrected chi connectivity index (χ0v) is 78.8. The molecule has 22 aromatic rings. The molecule has 0 aliphatic heterocycles. The lowest BCUT2D eigenvalue weighted by molar-refractivity contribution is 0.660. The first-order valence-electron chi connectivity index (χ1n) is 48.7. The fraction of sp³-hybridized carbons (Fsp3) is 0.0882. The summed E-state index contributed by atoms with van der Waals surface area (Å²) in [5.41, 5.74) is 47.7. The van der Waals surface area contributed by atoms with Gasteiger partial charge >= 0.3 is 0 Å². The molecular formula is C136H100N2. The molecule has 0 heterocycles. The molecule has 0 spiro atoms. The zero-order valence-electron chi connectivity index (χ0n) is 78.8. The highest BCUT2D eigenvalue weighted by molar-refractivity contribution is 6.16. The Labute approximate surface area is 808 Å². The minimum Gasteiger partial charge on any atom is -0.310 e. The van der Waals surface area contributed by atoms with Crippen molar-refractivity contribution in [2.75, 3.05) is 9.80 Å². The molecule has 0 saturated heterocycles. The third-order valence-corrected chi connectivity index (χ3v) is 31.4. The molecule has 4 aliphatic carbocycles. The Morgan fingerprint density at radius 3 is 0.899 bits per heavy atom. The van der Waals surface area contributed by atoms with Crippen molar-refractivity contribution in [3.05, 3.63) is 506 Å². The fourth-order valence-corrected chi connectivity index (χ4v) is 24.1. The van der Waals surface area contributed by atoms with Crippen molar-refractivity contribution >= 4 is 77.2 Å². The number of rotatable bonds is 15. The number of para-hydroxylation sites is 1. The molecule has 0 atom stereocenters. The van der Waals surface area contributed by atoms with Crippen LogP contribution in [-0.2, 0) is 21.7 Å². The predicted molar refractivity (Wildman–Crippen MR) is 585 cm³/mol. The third kappa shape index (κ3) is 13.1. The van der Waals surface area contributed by atoms with Crippen molar-refractivity contribution in [1.82, 2.24) is 0 Å². The van der Waals surface area contributed by atoms with Gasteiger partial charge < -0.3 is 9.80 Å².